The molecular weight excluding hydrogens is 569 g/mol. The Bertz CT molecular complexity index is 1510. The zero-order valence-electron chi connectivity index (χ0n) is 25.4. The highest BCUT2D eigenvalue weighted by Gasteiger charge is 2.67. The number of aliphatic hydroxyl groups excluding tert-OH is 1. The SMILES string of the molecule is COc1ccc2c3c1O[C@H]1[C@H](N(CC(C)C)C(=O)C#Cc4ccc(C(F)(F)F)cc4)CC[C@H]4[C@@H](C2)N(CC2CC2O)CC[C@@]341. The molecule has 2 aromatic rings. The monoisotopic (exact) mass is 608 g/mol. The quantitative estimate of drug-likeness (QED) is 0.466. The molecule has 2 heterocycles. The average molecular weight is 609 g/mol. The van der Waals surface area contributed by atoms with Gasteiger partial charge in [-0.05, 0) is 86.4 Å². The Morgan fingerprint density at radius 3 is 2.61 bits per heavy atom. The van der Waals surface area contributed by atoms with Crippen LogP contribution in [0.5, 0.6) is 11.5 Å². The largest absolute Gasteiger partial charge is 0.493 e. The van der Waals surface area contributed by atoms with Crippen molar-refractivity contribution in [3.05, 3.63) is 58.7 Å². The van der Waals surface area contributed by atoms with Crippen LogP contribution >= 0.6 is 0 Å². The number of amides is 1. The zero-order valence-corrected chi connectivity index (χ0v) is 25.4. The summed E-state index contributed by atoms with van der Waals surface area (Å²) in [5.41, 5.74) is 1.91. The van der Waals surface area contributed by atoms with Crippen molar-refractivity contribution in [3.8, 4) is 23.3 Å². The first-order chi connectivity index (χ1) is 21.0. The van der Waals surface area contributed by atoms with Gasteiger partial charge in [0.2, 0.25) is 0 Å². The summed E-state index contributed by atoms with van der Waals surface area (Å²) in [5, 5.41) is 10.1. The summed E-state index contributed by atoms with van der Waals surface area (Å²) in [6.45, 7) is 6.48. The molecule has 44 heavy (non-hydrogen) atoms. The summed E-state index contributed by atoms with van der Waals surface area (Å²) < 4.78 is 51.8. The number of alkyl halides is 3. The lowest BCUT2D eigenvalue weighted by Gasteiger charge is -2.60. The van der Waals surface area contributed by atoms with Crippen LogP contribution in [0.15, 0.2) is 36.4 Å². The predicted molar refractivity (Wildman–Crippen MR) is 158 cm³/mol. The molecule has 234 valence electrons. The first-order valence-corrected chi connectivity index (χ1v) is 15.8. The summed E-state index contributed by atoms with van der Waals surface area (Å²) in [6, 6.07) is 8.92. The van der Waals surface area contributed by atoms with Gasteiger partial charge >= 0.3 is 6.18 Å². The van der Waals surface area contributed by atoms with Crippen LogP contribution in [0.1, 0.15) is 61.8 Å². The van der Waals surface area contributed by atoms with E-state index < -0.39 is 11.7 Å². The van der Waals surface area contributed by atoms with Gasteiger partial charge in [0.25, 0.3) is 5.91 Å². The average Bonchev–Trinajstić information content (AvgIpc) is 3.57. The van der Waals surface area contributed by atoms with E-state index in [4.69, 9.17) is 9.47 Å². The molecule has 1 amide bonds. The van der Waals surface area contributed by atoms with E-state index in [1.54, 1.807) is 7.11 Å². The van der Waals surface area contributed by atoms with Gasteiger partial charge in [-0.3, -0.25) is 9.69 Å². The van der Waals surface area contributed by atoms with Crippen LogP contribution in [-0.2, 0) is 22.8 Å². The highest BCUT2D eigenvalue weighted by molar-refractivity contribution is 5.94. The smallest absolute Gasteiger partial charge is 0.416 e. The minimum absolute atomic E-state index is 0.182. The highest BCUT2D eigenvalue weighted by Crippen LogP contribution is 2.64. The number of aliphatic hydroxyl groups is 1. The number of methoxy groups -OCH3 is 1. The standard InChI is InChI=1S/C35H39F3N2O4/c1-20(2)18-40(30(42)13-6-21-4-8-24(9-5-21)35(36,37)38)26-11-10-25-27-16-22-7-12-29(43-3)32-31(22)34(25,33(26)44-32)14-15-39(27)19-23-17-28(23)41/h4-5,7-9,12,20,23,25-28,33,41H,10-11,14-19H2,1-3H3/t23?,25-,26+,27+,28?,33-,34-/m0/s1. The molecule has 1 N–H and O–H groups in total. The van der Waals surface area contributed by atoms with Crippen molar-refractivity contribution in [1.82, 2.24) is 9.80 Å². The molecular formula is C35H39F3N2O4. The Morgan fingerprint density at radius 1 is 1.20 bits per heavy atom. The minimum Gasteiger partial charge on any atom is -0.493 e. The van der Waals surface area contributed by atoms with Crippen molar-refractivity contribution in [2.24, 2.45) is 17.8 Å². The third-order valence-corrected chi connectivity index (χ3v) is 10.7. The number of halogens is 3. The number of likely N-dealkylation sites (tertiary alicyclic amines) is 1. The molecule has 1 spiro atoms. The lowest BCUT2D eigenvalue weighted by molar-refractivity contribution is -0.138. The van der Waals surface area contributed by atoms with Gasteiger partial charge in [-0.2, -0.15) is 13.2 Å². The van der Waals surface area contributed by atoms with Crippen LogP contribution in [0.2, 0.25) is 0 Å². The van der Waals surface area contributed by atoms with Gasteiger partial charge in [0.1, 0.15) is 6.10 Å². The van der Waals surface area contributed by atoms with Gasteiger partial charge in [-0.15, -0.1) is 0 Å². The number of nitrogens with zero attached hydrogens (tertiary/aromatic N) is 2. The third-order valence-electron chi connectivity index (χ3n) is 10.7. The number of carbonyl (C=O) groups is 1. The summed E-state index contributed by atoms with van der Waals surface area (Å²) in [6.07, 6.45) is -0.411. The van der Waals surface area contributed by atoms with Crippen LogP contribution < -0.4 is 9.47 Å². The molecule has 1 saturated heterocycles. The lowest BCUT2D eigenvalue weighted by atomic mass is 9.51. The third kappa shape index (κ3) is 4.76. The maximum absolute atomic E-state index is 13.9. The van der Waals surface area contributed by atoms with E-state index in [2.05, 4.69) is 36.7 Å². The molecule has 2 bridgehead atoms. The molecule has 6 nitrogen and oxygen atoms in total. The van der Waals surface area contributed by atoms with Crippen molar-refractivity contribution in [2.45, 2.75) is 81.8 Å². The Morgan fingerprint density at radius 2 is 1.95 bits per heavy atom. The Kier molecular flexibility index (Phi) is 7.17. The van der Waals surface area contributed by atoms with Crippen LogP contribution in [0, 0.1) is 29.6 Å². The van der Waals surface area contributed by atoms with E-state index in [9.17, 15) is 23.1 Å². The summed E-state index contributed by atoms with van der Waals surface area (Å²) in [4.78, 5) is 18.3. The van der Waals surface area contributed by atoms with E-state index >= 15 is 0 Å². The molecule has 2 aromatic carbocycles. The van der Waals surface area contributed by atoms with Gasteiger partial charge in [0.05, 0.1) is 24.8 Å². The number of piperidine rings is 1. The summed E-state index contributed by atoms with van der Waals surface area (Å²) in [5.74, 6) is 7.67. The number of ether oxygens (including phenoxy) is 2. The first kappa shape index (κ1) is 29.5. The fourth-order valence-corrected chi connectivity index (χ4v) is 8.73. The van der Waals surface area contributed by atoms with Gasteiger partial charge < -0.3 is 19.5 Å². The second-order valence-corrected chi connectivity index (χ2v) is 13.7. The molecule has 0 radical (unpaired) electrons. The van der Waals surface area contributed by atoms with E-state index in [1.165, 1.54) is 23.3 Å². The number of benzene rings is 2. The van der Waals surface area contributed by atoms with Gasteiger partial charge in [-0.1, -0.05) is 25.8 Å². The fourth-order valence-electron chi connectivity index (χ4n) is 8.73. The predicted octanol–water partition coefficient (Wildman–Crippen LogP) is 5.04. The Labute approximate surface area is 256 Å². The molecule has 0 aromatic heterocycles. The van der Waals surface area contributed by atoms with Crippen LogP contribution in [0.4, 0.5) is 13.2 Å². The molecule has 7 rings (SSSR count). The number of rotatable bonds is 6. The Balaban J connectivity index is 1.23. The zero-order chi connectivity index (χ0) is 31.0. The van der Waals surface area contributed by atoms with Crippen molar-refractivity contribution in [1.29, 1.82) is 0 Å². The van der Waals surface area contributed by atoms with Crippen LogP contribution in [-0.4, -0.2) is 71.8 Å². The van der Waals surface area contributed by atoms with E-state index in [0.29, 0.717) is 30.0 Å². The van der Waals surface area contributed by atoms with Gasteiger partial charge in [0.15, 0.2) is 11.5 Å². The topological polar surface area (TPSA) is 62.2 Å². The molecule has 2 aliphatic heterocycles. The number of hydrogen-bond donors (Lipinski definition) is 1. The van der Waals surface area contributed by atoms with E-state index in [-0.39, 0.29) is 35.5 Å². The summed E-state index contributed by atoms with van der Waals surface area (Å²) >= 11 is 0. The number of carbonyl (C=O) groups excluding carboxylic acids is 1. The van der Waals surface area contributed by atoms with Gasteiger partial charge in [0, 0.05) is 47.5 Å². The molecule has 5 aliphatic rings. The summed E-state index contributed by atoms with van der Waals surface area (Å²) in [7, 11) is 1.66. The fraction of sp³-hybridized carbons (Fsp3) is 0.571. The maximum atomic E-state index is 13.9. The molecule has 9 heteroatoms. The van der Waals surface area contributed by atoms with Crippen LogP contribution in [0.3, 0.4) is 0 Å². The van der Waals surface area contributed by atoms with E-state index in [1.807, 2.05) is 11.0 Å². The number of hydrogen-bond acceptors (Lipinski definition) is 5. The van der Waals surface area contributed by atoms with Gasteiger partial charge in [-0.25, -0.2) is 0 Å². The van der Waals surface area contributed by atoms with Crippen molar-refractivity contribution in [3.63, 3.8) is 0 Å². The minimum atomic E-state index is -4.43. The first-order valence-electron chi connectivity index (χ1n) is 15.8. The van der Waals surface area contributed by atoms with Crippen molar-refractivity contribution in [2.75, 3.05) is 26.7 Å². The van der Waals surface area contributed by atoms with Crippen molar-refractivity contribution >= 4 is 5.91 Å². The second kappa shape index (κ2) is 10.7. The Hall–Kier alpha value is -3.22. The second-order valence-electron chi connectivity index (χ2n) is 13.7. The maximum Gasteiger partial charge on any atom is 0.416 e. The molecule has 7 atom stereocenters. The molecule has 3 fully saturated rings. The van der Waals surface area contributed by atoms with Crippen molar-refractivity contribution < 1.29 is 32.5 Å². The van der Waals surface area contributed by atoms with E-state index in [0.717, 1.165) is 68.8 Å². The highest BCUT2D eigenvalue weighted by atomic mass is 19.4. The normalized spacial score (nSPS) is 31.5. The molecule has 3 aliphatic carbocycles. The molecule has 2 unspecified atom stereocenters. The molecule has 2 saturated carbocycles. The lowest BCUT2D eigenvalue weighted by Crippen LogP contribution is -2.69. The van der Waals surface area contributed by atoms with Crippen LogP contribution in [0.25, 0.3) is 0 Å².